The number of rotatable bonds is 3. The zero-order chi connectivity index (χ0) is 16.5. The Kier molecular flexibility index (Phi) is 4.24. The maximum Gasteiger partial charge on any atom is 0.335 e. The van der Waals surface area contributed by atoms with Crippen molar-refractivity contribution >= 4 is 21.5 Å². The molecule has 0 aromatic heterocycles. The van der Waals surface area contributed by atoms with E-state index in [1.165, 1.54) is 6.07 Å². The van der Waals surface area contributed by atoms with E-state index >= 15 is 0 Å². The van der Waals surface area contributed by atoms with E-state index in [0.29, 0.717) is 22.4 Å². The van der Waals surface area contributed by atoms with Crippen LogP contribution >= 0.6 is 0 Å². The minimum atomic E-state index is -3.47. The van der Waals surface area contributed by atoms with Crippen molar-refractivity contribution in [2.45, 2.75) is 25.2 Å². The summed E-state index contributed by atoms with van der Waals surface area (Å²) < 4.78 is 24.7. The minimum Gasteiger partial charge on any atom is -0.478 e. The number of aromatic carboxylic acids is 1. The lowest BCUT2D eigenvalue weighted by molar-refractivity contribution is 0.0696. The molecular weight excluding hydrogens is 306 g/mol. The second-order valence-corrected chi connectivity index (χ2v) is 7.01. The van der Waals surface area contributed by atoms with E-state index in [-0.39, 0.29) is 29.2 Å². The Morgan fingerprint density at radius 2 is 2.18 bits per heavy atom. The van der Waals surface area contributed by atoms with Gasteiger partial charge in [-0.15, -0.1) is 6.42 Å². The third kappa shape index (κ3) is 2.70. The SMILES string of the molecule is C#CCON=C1CCS(=O)(=O)c2c(C)cc(C(=O)O)c(C)c21. The van der Waals surface area contributed by atoms with Crippen molar-refractivity contribution < 1.29 is 23.2 Å². The molecule has 1 aromatic carbocycles. The Morgan fingerprint density at radius 1 is 1.50 bits per heavy atom. The molecule has 0 bridgehead atoms. The van der Waals surface area contributed by atoms with Crippen LogP contribution in [0.4, 0.5) is 0 Å². The first-order valence-corrected chi connectivity index (χ1v) is 8.17. The molecule has 0 aliphatic carbocycles. The molecule has 7 heteroatoms. The fraction of sp³-hybridized carbons (Fsp3) is 0.333. The summed E-state index contributed by atoms with van der Waals surface area (Å²) in [7, 11) is -3.47. The monoisotopic (exact) mass is 321 g/mol. The Labute approximate surface area is 128 Å². The highest BCUT2D eigenvalue weighted by Crippen LogP contribution is 2.33. The van der Waals surface area contributed by atoms with Crippen molar-refractivity contribution in [1.29, 1.82) is 0 Å². The molecule has 0 unspecified atom stereocenters. The zero-order valence-electron chi connectivity index (χ0n) is 12.2. The second-order valence-electron chi connectivity index (χ2n) is 4.96. The molecule has 1 aromatic rings. The molecule has 0 amide bonds. The smallest absolute Gasteiger partial charge is 0.335 e. The van der Waals surface area contributed by atoms with E-state index < -0.39 is 15.8 Å². The summed E-state index contributed by atoms with van der Waals surface area (Å²) in [5.74, 6) is 1.05. The van der Waals surface area contributed by atoms with Gasteiger partial charge in [-0.3, -0.25) is 0 Å². The molecular formula is C15H15NO5S. The zero-order valence-corrected chi connectivity index (χ0v) is 13.0. The molecule has 2 rings (SSSR count). The Bertz CT molecular complexity index is 815. The number of terminal acetylenes is 1. The molecule has 0 radical (unpaired) electrons. The summed E-state index contributed by atoms with van der Waals surface area (Å²) in [6, 6.07) is 1.37. The molecule has 6 nitrogen and oxygen atoms in total. The number of carboxylic acids is 1. The van der Waals surface area contributed by atoms with E-state index in [0.717, 1.165) is 0 Å². The van der Waals surface area contributed by atoms with Crippen LogP contribution in [0.2, 0.25) is 0 Å². The number of hydrogen-bond acceptors (Lipinski definition) is 5. The molecule has 0 saturated heterocycles. The third-order valence-electron chi connectivity index (χ3n) is 3.49. The lowest BCUT2D eigenvalue weighted by Crippen LogP contribution is -2.26. The van der Waals surface area contributed by atoms with Gasteiger partial charge in [0.05, 0.1) is 21.9 Å². The van der Waals surface area contributed by atoms with Gasteiger partial charge in [0.25, 0.3) is 0 Å². The topological polar surface area (TPSA) is 93.0 Å². The predicted octanol–water partition coefficient (Wildman–Crippen LogP) is 1.53. The number of hydrogen-bond donors (Lipinski definition) is 1. The standard InChI is InChI=1S/C15H15NO5S/c1-4-6-21-16-12-5-7-22(19,20)14-9(2)8-11(15(17)18)10(3)13(12)14/h1,8H,5-7H2,2-3H3,(H,17,18). The summed E-state index contributed by atoms with van der Waals surface area (Å²) in [5.41, 5.74) is 1.53. The quantitative estimate of drug-likeness (QED) is 0.518. The number of oxime groups is 1. The number of benzene rings is 1. The Balaban J connectivity index is 2.76. The van der Waals surface area contributed by atoms with Crippen LogP contribution in [0.3, 0.4) is 0 Å². The summed E-state index contributed by atoms with van der Waals surface area (Å²) >= 11 is 0. The van der Waals surface area contributed by atoms with Crippen LogP contribution < -0.4 is 0 Å². The number of carboxylic acid groups (broad SMARTS) is 1. The minimum absolute atomic E-state index is 0.0395. The van der Waals surface area contributed by atoms with Crippen LogP contribution in [-0.4, -0.2) is 37.6 Å². The number of nitrogens with zero attached hydrogens (tertiary/aromatic N) is 1. The van der Waals surface area contributed by atoms with Gasteiger partial charge in [0, 0.05) is 12.0 Å². The first kappa shape index (κ1) is 16.0. The van der Waals surface area contributed by atoms with Crippen molar-refractivity contribution in [3.05, 3.63) is 28.3 Å². The second kappa shape index (κ2) is 5.81. The fourth-order valence-electron chi connectivity index (χ4n) is 2.56. The van der Waals surface area contributed by atoms with Crippen LogP contribution in [0.15, 0.2) is 16.1 Å². The maximum atomic E-state index is 12.3. The molecule has 116 valence electrons. The van der Waals surface area contributed by atoms with Gasteiger partial charge in [-0.05, 0) is 31.0 Å². The van der Waals surface area contributed by atoms with Crippen LogP contribution in [0, 0.1) is 26.2 Å². The van der Waals surface area contributed by atoms with Crippen molar-refractivity contribution in [3.63, 3.8) is 0 Å². The van der Waals surface area contributed by atoms with Crippen molar-refractivity contribution in [2.24, 2.45) is 5.16 Å². The van der Waals surface area contributed by atoms with Gasteiger partial charge in [-0.25, -0.2) is 13.2 Å². The molecule has 1 aliphatic rings. The highest BCUT2D eigenvalue weighted by Gasteiger charge is 2.33. The molecule has 1 heterocycles. The van der Waals surface area contributed by atoms with Crippen molar-refractivity contribution in [1.82, 2.24) is 0 Å². The molecule has 0 fully saturated rings. The number of carbonyl (C=O) groups is 1. The molecule has 0 spiro atoms. The first-order valence-electron chi connectivity index (χ1n) is 6.52. The lowest BCUT2D eigenvalue weighted by atomic mass is 9.94. The highest BCUT2D eigenvalue weighted by atomic mass is 32.2. The first-order chi connectivity index (χ1) is 10.3. The van der Waals surface area contributed by atoms with E-state index in [4.69, 9.17) is 11.3 Å². The van der Waals surface area contributed by atoms with Gasteiger partial charge in [-0.1, -0.05) is 11.1 Å². The summed E-state index contributed by atoms with van der Waals surface area (Å²) in [6.45, 7) is 3.11. The van der Waals surface area contributed by atoms with Gasteiger partial charge in [0.1, 0.15) is 0 Å². The average Bonchev–Trinajstić information content (AvgIpc) is 2.43. The maximum absolute atomic E-state index is 12.3. The summed E-state index contributed by atoms with van der Waals surface area (Å²) in [4.78, 5) is 16.4. The molecule has 0 atom stereocenters. The number of fused-ring (bicyclic) bond motifs is 1. The largest absolute Gasteiger partial charge is 0.478 e. The Hall–Kier alpha value is -2.33. The summed E-state index contributed by atoms with van der Waals surface area (Å²) in [5, 5.41) is 13.2. The van der Waals surface area contributed by atoms with Crippen LogP contribution in [0.25, 0.3) is 0 Å². The number of sulfone groups is 1. The molecule has 22 heavy (non-hydrogen) atoms. The third-order valence-corrected chi connectivity index (χ3v) is 5.37. The Morgan fingerprint density at radius 3 is 2.77 bits per heavy atom. The molecule has 1 N–H and O–H groups in total. The van der Waals surface area contributed by atoms with Gasteiger partial charge >= 0.3 is 5.97 Å². The van der Waals surface area contributed by atoms with Gasteiger partial charge in [0.15, 0.2) is 16.4 Å². The average molecular weight is 321 g/mol. The molecule has 1 aliphatic heterocycles. The van der Waals surface area contributed by atoms with E-state index in [1.54, 1.807) is 13.8 Å². The van der Waals surface area contributed by atoms with E-state index in [9.17, 15) is 18.3 Å². The van der Waals surface area contributed by atoms with Crippen molar-refractivity contribution in [2.75, 3.05) is 12.4 Å². The van der Waals surface area contributed by atoms with Gasteiger partial charge in [-0.2, -0.15) is 0 Å². The molecule has 0 saturated carbocycles. The van der Waals surface area contributed by atoms with E-state index in [1.807, 2.05) is 0 Å². The van der Waals surface area contributed by atoms with Gasteiger partial charge in [0.2, 0.25) is 0 Å². The fourth-order valence-corrected chi connectivity index (χ4v) is 4.36. The predicted molar refractivity (Wildman–Crippen MR) is 80.9 cm³/mol. The normalized spacial score (nSPS) is 17.6. The van der Waals surface area contributed by atoms with Crippen molar-refractivity contribution in [3.8, 4) is 12.3 Å². The van der Waals surface area contributed by atoms with Gasteiger partial charge < -0.3 is 9.94 Å². The van der Waals surface area contributed by atoms with Crippen LogP contribution in [0.5, 0.6) is 0 Å². The number of aryl methyl sites for hydroxylation is 1. The lowest BCUT2D eigenvalue weighted by Gasteiger charge is -2.23. The highest BCUT2D eigenvalue weighted by molar-refractivity contribution is 7.91. The van der Waals surface area contributed by atoms with Crippen LogP contribution in [0.1, 0.15) is 33.5 Å². The summed E-state index contributed by atoms with van der Waals surface area (Å²) in [6.07, 6.45) is 5.24. The van der Waals surface area contributed by atoms with Crippen LogP contribution in [-0.2, 0) is 14.7 Å². The van der Waals surface area contributed by atoms with E-state index in [2.05, 4.69) is 11.1 Å².